The third-order valence-corrected chi connectivity index (χ3v) is 4.52. The molecule has 1 aliphatic heterocycles. The summed E-state index contributed by atoms with van der Waals surface area (Å²) in [7, 11) is 0. The number of anilines is 3. The fourth-order valence-corrected chi connectivity index (χ4v) is 2.79. The number of nitrogens with one attached hydrogen (secondary N) is 3. The summed E-state index contributed by atoms with van der Waals surface area (Å²) in [6.07, 6.45) is 3.03. The maximum absolute atomic E-state index is 13.0. The van der Waals surface area contributed by atoms with E-state index in [1.807, 2.05) is 13.8 Å². The van der Waals surface area contributed by atoms with Gasteiger partial charge in [0, 0.05) is 24.4 Å². The van der Waals surface area contributed by atoms with E-state index in [-0.39, 0.29) is 47.3 Å². The molecule has 0 aromatic carbocycles. The molecular weight excluding hydrogens is 348 g/mol. The summed E-state index contributed by atoms with van der Waals surface area (Å²) in [5.41, 5.74) is -0.0134. The van der Waals surface area contributed by atoms with Gasteiger partial charge in [-0.05, 0) is 26.0 Å². The molecule has 2 aromatic heterocycles. The highest BCUT2D eigenvalue weighted by molar-refractivity contribution is 6.08. The summed E-state index contributed by atoms with van der Waals surface area (Å²) >= 11 is 0. The third kappa shape index (κ3) is 3.53. The Balaban J connectivity index is 2.05. The summed E-state index contributed by atoms with van der Waals surface area (Å²) in [4.78, 5) is 49.9. The molecule has 0 aliphatic carbocycles. The van der Waals surface area contributed by atoms with Gasteiger partial charge in [0.25, 0.3) is 11.5 Å². The van der Waals surface area contributed by atoms with Gasteiger partial charge in [-0.1, -0.05) is 13.8 Å². The van der Waals surface area contributed by atoms with Crippen molar-refractivity contribution in [2.45, 2.75) is 39.8 Å². The number of pyridine rings is 1. The van der Waals surface area contributed by atoms with Crippen LogP contribution in [0.15, 0.2) is 29.3 Å². The van der Waals surface area contributed by atoms with E-state index >= 15 is 0 Å². The van der Waals surface area contributed by atoms with Crippen LogP contribution in [0.2, 0.25) is 0 Å². The fourth-order valence-electron chi connectivity index (χ4n) is 2.79. The van der Waals surface area contributed by atoms with E-state index in [1.165, 1.54) is 11.1 Å². The lowest BCUT2D eigenvalue weighted by Gasteiger charge is -2.38. The Morgan fingerprint density at radius 3 is 2.67 bits per heavy atom. The molecule has 9 heteroatoms. The zero-order valence-corrected chi connectivity index (χ0v) is 15.6. The van der Waals surface area contributed by atoms with Crippen molar-refractivity contribution in [2.24, 2.45) is 5.92 Å². The Kier molecular flexibility index (Phi) is 4.93. The number of aromatic nitrogens is 3. The zero-order chi connectivity index (χ0) is 19.7. The molecule has 1 aliphatic rings. The number of carbonyl (C=O) groups excluding carboxylic acids is 2. The van der Waals surface area contributed by atoms with Gasteiger partial charge in [0.15, 0.2) is 11.5 Å². The van der Waals surface area contributed by atoms with E-state index in [1.54, 1.807) is 32.2 Å². The molecule has 0 unspecified atom stereocenters. The number of aromatic amines is 1. The molecule has 0 saturated heterocycles. The SMILES string of the molecule is CC(C)C(=O)Nc1nc2c(c(=O)[nH]1)N(C(=O)c1cccnc1)[C@@H](C)[C@@H](C)N2. The van der Waals surface area contributed by atoms with E-state index in [0.29, 0.717) is 5.56 Å². The van der Waals surface area contributed by atoms with Gasteiger partial charge in [-0.15, -0.1) is 0 Å². The Hall–Kier alpha value is -3.23. The largest absolute Gasteiger partial charge is 0.364 e. The van der Waals surface area contributed by atoms with E-state index < -0.39 is 5.56 Å². The van der Waals surface area contributed by atoms with Crippen LogP contribution in [0.3, 0.4) is 0 Å². The molecule has 9 nitrogen and oxygen atoms in total. The summed E-state index contributed by atoms with van der Waals surface area (Å²) in [5.74, 6) is -0.571. The van der Waals surface area contributed by atoms with Crippen molar-refractivity contribution < 1.29 is 9.59 Å². The summed E-state index contributed by atoms with van der Waals surface area (Å²) in [6.45, 7) is 7.22. The van der Waals surface area contributed by atoms with Crippen LogP contribution in [0, 0.1) is 5.92 Å². The van der Waals surface area contributed by atoms with Crippen LogP contribution in [-0.2, 0) is 4.79 Å². The smallest absolute Gasteiger partial charge is 0.278 e. The van der Waals surface area contributed by atoms with Gasteiger partial charge >= 0.3 is 0 Å². The molecule has 2 atom stereocenters. The molecule has 2 aromatic rings. The normalized spacial score (nSPS) is 18.6. The first-order valence-corrected chi connectivity index (χ1v) is 8.75. The molecule has 0 bridgehead atoms. The molecule has 142 valence electrons. The van der Waals surface area contributed by atoms with Crippen LogP contribution >= 0.6 is 0 Å². The first kappa shape index (κ1) is 18.6. The fraction of sp³-hybridized carbons (Fsp3) is 0.389. The molecule has 3 rings (SSSR count). The van der Waals surface area contributed by atoms with Crippen LogP contribution in [-0.4, -0.2) is 38.8 Å². The van der Waals surface area contributed by atoms with E-state index in [9.17, 15) is 14.4 Å². The van der Waals surface area contributed by atoms with Crippen LogP contribution in [0.4, 0.5) is 17.5 Å². The second kappa shape index (κ2) is 7.18. The predicted octanol–water partition coefficient (Wildman–Crippen LogP) is 1.61. The van der Waals surface area contributed by atoms with Crippen LogP contribution < -0.4 is 21.1 Å². The van der Waals surface area contributed by atoms with Gasteiger partial charge in [-0.2, -0.15) is 4.98 Å². The number of fused-ring (bicyclic) bond motifs is 1. The van der Waals surface area contributed by atoms with Crippen LogP contribution in [0.1, 0.15) is 38.1 Å². The van der Waals surface area contributed by atoms with Crippen molar-refractivity contribution in [2.75, 3.05) is 15.5 Å². The van der Waals surface area contributed by atoms with Crippen molar-refractivity contribution in [1.82, 2.24) is 15.0 Å². The first-order valence-electron chi connectivity index (χ1n) is 8.75. The van der Waals surface area contributed by atoms with Crippen molar-refractivity contribution in [3.63, 3.8) is 0 Å². The quantitative estimate of drug-likeness (QED) is 0.755. The maximum atomic E-state index is 13.0. The van der Waals surface area contributed by atoms with Gasteiger partial charge in [-0.3, -0.25) is 34.6 Å². The molecule has 2 amide bonds. The van der Waals surface area contributed by atoms with Gasteiger partial charge in [-0.25, -0.2) is 0 Å². The minimum Gasteiger partial charge on any atom is -0.364 e. The van der Waals surface area contributed by atoms with Crippen molar-refractivity contribution in [3.05, 3.63) is 40.4 Å². The van der Waals surface area contributed by atoms with Crippen molar-refractivity contribution in [1.29, 1.82) is 0 Å². The molecule has 3 heterocycles. The van der Waals surface area contributed by atoms with Crippen molar-refractivity contribution in [3.8, 4) is 0 Å². The monoisotopic (exact) mass is 370 g/mol. The average Bonchev–Trinajstić information content (AvgIpc) is 2.63. The summed E-state index contributed by atoms with van der Waals surface area (Å²) < 4.78 is 0. The van der Waals surface area contributed by atoms with Gasteiger partial charge < -0.3 is 5.32 Å². The Labute approximate surface area is 156 Å². The number of carbonyl (C=O) groups is 2. The molecule has 0 spiro atoms. The van der Waals surface area contributed by atoms with E-state index in [4.69, 9.17) is 0 Å². The lowest BCUT2D eigenvalue weighted by molar-refractivity contribution is -0.118. The number of hydrogen-bond acceptors (Lipinski definition) is 6. The van der Waals surface area contributed by atoms with Gasteiger partial charge in [0.2, 0.25) is 11.9 Å². The van der Waals surface area contributed by atoms with Crippen LogP contribution in [0.25, 0.3) is 0 Å². The number of nitrogens with zero attached hydrogens (tertiary/aromatic N) is 3. The van der Waals surface area contributed by atoms with E-state index in [2.05, 4.69) is 25.6 Å². The summed E-state index contributed by atoms with van der Waals surface area (Å²) in [5, 5.41) is 5.71. The standard InChI is InChI=1S/C18H22N6O3/c1-9(2)15(25)22-18-21-14-13(16(26)23-18)24(11(4)10(3)20-14)17(27)12-6-5-7-19-8-12/h5-11H,1-4H3,(H3,20,21,22,23,25,26)/t10-,11+/m1/s1. The molecule has 0 fully saturated rings. The zero-order valence-electron chi connectivity index (χ0n) is 15.6. The van der Waals surface area contributed by atoms with E-state index in [0.717, 1.165) is 0 Å². The highest BCUT2D eigenvalue weighted by Gasteiger charge is 2.36. The average molecular weight is 370 g/mol. The second-order valence-electron chi connectivity index (χ2n) is 6.85. The Morgan fingerprint density at radius 1 is 1.30 bits per heavy atom. The lowest BCUT2D eigenvalue weighted by atomic mass is 10.0. The number of rotatable bonds is 3. The minimum atomic E-state index is -0.512. The molecule has 0 radical (unpaired) electrons. The second-order valence-corrected chi connectivity index (χ2v) is 6.85. The molecule has 0 saturated carbocycles. The number of hydrogen-bond donors (Lipinski definition) is 3. The maximum Gasteiger partial charge on any atom is 0.278 e. The number of H-pyrrole nitrogens is 1. The van der Waals surface area contributed by atoms with Gasteiger partial charge in [0.05, 0.1) is 11.6 Å². The van der Waals surface area contributed by atoms with Gasteiger partial charge in [0.1, 0.15) is 0 Å². The third-order valence-electron chi connectivity index (χ3n) is 4.52. The number of amides is 2. The predicted molar refractivity (Wildman–Crippen MR) is 102 cm³/mol. The Morgan fingerprint density at radius 2 is 2.04 bits per heavy atom. The summed E-state index contributed by atoms with van der Waals surface area (Å²) in [6, 6.07) is 2.87. The molecule has 3 N–H and O–H groups in total. The van der Waals surface area contributed by atoms with Crippen molar-refractivity contribution >= 4 is 29.3 Å². The first-order chi connectivity index (χ1) is 12.8. The Bertz CT molecular complexity index is 924. The highest BCUT2D eigenvalue weighted by Crippen LogP contribution is 2.31. The topological polar surface area (TPSA) is 120 Å². The molecule has 27 heavy (non-hydrogen) atoms. The minimum absolute atomic E-state index is 0.0421. The lowest BCUT2D eigenvalue weighted by Crippen LogP contribution is -2.53. The van der Waals surface area contributed by atoms with Crippen LogP contribution in [0.5, 0.6) is 0 Å². The highest BCUT2D eigenvalue weighted by atomic mass is 16.2. The molecular formula is C18H22N6O3.